The Hall–Kier alpha value is -0.970. The van der Waals surface area contributed by atoms with Gasteiger partial charge in [-0.1, -0.05) is 33.8 Å². The Morgan fingerprint density at radius 2 is 1.88 bits per heavy atom. The van der Waals surface area contributed by atoms with Crippen molar-refractivity contribution in [1.29, 1.82) is 0 Å². The van der Waals surface area contributed by atoms with Gasteiger partial charge in [-0.25, -0.2) is 0 Å². The summed E-state index contributed by atoms with van der Waals surface area (Å²) in [5, 5.41) is 30.6. The maximum Gasteiger partial charge on any atom is 0.188 e. The molecule has 3 N–H and O–H groups in total. The van der Waals surface area contributed by atoms with E-state index in [0.717, 1.165) is 24.8 Å². The molecule has 5 atom stereocenters. The molecule has 3 aliphatic carbocycles. The minimum Gasteiger partial charge on any atom is -0.392 e. The number of ketones is 1. The highest BCUT2D eigenvalue weighted by Crippen LogP contribution is 2.58. The minimum absolute atomic E-state index is 0.0805. The van der Waals surface area contributed by atoms with Crippen LogP contribution in [0.15, 0.2) is 22.8 Å². The van der Waals surface area contributed by atoms with Crippen molar-refractivity contribution in [1.82, 2.24) is 0 Å². The molecule has 0 saturated heterocycles. The zero-order chi connectivity index (χ0) is 17.9. The first-order valence-electron chi connectivity index (χ1n) is 9.12. The molecule has 1 fully saturated rings. The number of rotatable bonds is 2. The van der Waals surface area contributed by atoms with Crippen LogP contribution in [0.1, 0.15) is 53.4 Å². The third-order valence-electron chi connectivity index (χ3n) is 6.97. The second kappa shape index (κ2) is 5.79. The fourth-order valence-corrected chi connectivity index (χ4v) is 5.50. The average Bonchev–Trinajstić information content (AvgIpc) is 2.62. The van der Waals surface area contributed by atoms with E-state index in [1.54, 1.807) is 0 Å². The van der Waals surface area contributed by atoms with Crippen LogP contribution < -0.4 is 0 Å². The van der Waals surface area contributed by atoms with Gasteiger partial charge in [-0.15, -0.1) is 0 Å². The fourth-order valence-electron chi connectivity index (χ4n) is 5.50. The molecule has 3 aliphatic rings. The summed E-state index contributed by atoms with van der Waals surface area (Å²) in [7, 11) is 0. The lowest BCUT2D eigenvalue weighted by molar-refractivity contribution is -0.123. The van der Waals surface area contributed by atoms with E-state index in [0.29, 0.717) is 17.6 Å². The molecule has 134 valence electrons. The summed E-state index contributed by atoms with van der Waals surface area (Å²) in [5.74, 6) is -0.0435. The average molecular weight is 334 g/mol. The van der Waals surface area contributed by atoms with Crippen molar-refractivity contribution >= 4 is 5.78 Å². The lowest BCUT2D eigenvalue weighted by atomic mass is 9.65. The van der Waals surface area contributed by atoms with Crippen molar-refractivity contribution in [2.75, 3.05) is 6.61 Å². The van der Waals surface area contributed by atoms with Crippen molar-refractivity contribution < 1.29 is 20.1 Å². The van der Waals surface area contributed by atoms with E-state index in [-0.39, 0.29) is 35.1 Å². The van der Waals surface area contributed by atoms with Gasteiger partial charge in [-0.3, -0.25) is 4.79 Å². The first-order chi connectivity index (χ1) is 11.2. The van der Waals surface area contributed by atoms with Gasteiger partial charge in [0.1, 0.15) is 6.10 Å². The van der Waals surface area contributed by atoms with E-state index >= 15 is 0 Å². The minimum atomic E-state index is -0.947. The van der Waals surface area contributed by atoms with E-state index < -0.39 is 12.2 Å². The maximum atomic E-state index is 12.8. The summed E-state index contributed by atoms with van der Waals surface area (Å²) in [6.07, 6.45) is 3.58. The first kappa shape index (κ1) is 17.8. The molecule has 0 amide bonds. The second-order valence-corrected chi connectivity index (χ2v) is 8.77. The number of fused-ring (bicyclic) bond motifs is 2. The van der Waals surface area contributed by atoms with Gasteiger partial charge in [0.05, 0.1) is 12.7 Å². The van der Waals surface area contributed by atoms with E-state index in [9.17, 15) is 20.1 Å². The molecule has 0 bridgehead atoms. The molecule has 0 aromatic rings. The van der Waals surface area contributed by atoms with E-state index in [1.807, 2.05) is 6.08 Å². The number of Topliss-reactive ketones (excluding diaryl/α,β-unsaturated/α-hetero) is 1. The molecule has 3 rings (SSSR count). The molecule has 0 radical (unpaired) electrons. The lowest BCUT2D eigenvalue weighted by Crippen LogP contribution is -2.35. The summed E-state index contributed by atoms with van der Waals surface area (Å²) in [6, 6.07) is 0. The number of carbonyl (C=O) groups excluding carboxylic acids is 1. The molecular weight excluding hydrogens is 304 g/mol. The standard InChI is InChI=1S/C20H30O4/c1-11(2)16-18(24)17(23)14-9-13-12(10-21)15(22)5-6-19(13,3)7-8-20(14,16)4/h9,11,15-16,18,21-22,24H,5-8,10H2,1-4H3/t15-,16-,18-,19-,20-/m0/s1. The summed E-state index contributed by atoms with van der Waals surface area (Å²) in [5.41, 5.74) is 1.80. The number of hydrogen-bond donors (Lipinski definition) is 3. The van der Waals surface area contributed by atoms with Crippen LogP contribution in [0.25, 0.3) is 0 Å². The third-order valence-corrected chi connectivity index (χ3v) is 6.97. The molecule has 0 aromatic carbocycles. The smallest absolute Gasteiger partial charge is 0.188 e. The van der Waals surface area contributed by atoms with Crippen LogP contribution >= 0.6 is 0 Å². The Labute approximate surface area is 144 Å². The van der Waals surface area contributed by atoms with Crippen LogP contribution in [0.2, 0.25) is 0 Å². The van der Waals surface area contributed by atoms with Crippen molar-refractivity contribution in [3.8, 4) is 0 Å². The van der Waals surface area contributed by atoms with Crippen LogP contribution in [0.4, 0.5) is 0 Å². The number of hydrogen-bond acceptors (Lipinski definition) is 4. The molecule has 0 unspecified atom stereocenters. The van der Waals surface area contributed by atoms with Gasteiger partial charge >= 0.3 is 0 Å². The van der Waals surface area contributed by atoms with Crippen molar-refractivity contribution in [2.24, 2.45) is 22.7 Å². The zero-order valence-corrected chi connectivity index (χ0v) is 15.2. The second-order valence-electron chi connectivity index (χ2n) is 8.77. The lowest BCUT2D eigenvalue weighted by Gasteiger charge is -2.40. The van der Waals surface area contributed by atoms with Crippen LogP contribution in [0, 0.1) is 22.7 Å². The first-order valence-corrected chi connectivity index (χ1v) is 9.12. The summed E-state index contributed by atoms with van der Waals surface area (Å²) < 4.78 is 0. The molecule has 0 heterocycles. The molecule has 1 saturated carbocycles. The van der Waals surface area contributed by atoms with Crippen molar-refractivity contribution in [3.05, 3.63) is 22.8 Å². The van der Waals surface area contributed by atoms with Gasteiger partial charge in [-0.05, 0) is 48.2 Å². The normalized spacial score (nSPS) is 42.8. The Morgan fingerprint density at radius 1 is 1.21 bits per heavy atom. The molecule has 0 spiro atoms. The highest BCUT2D eigenvalue weighted by atomic mass is 16.3. The number of allylic oxidation sites excluding steroid dienone is 2. The van der Waals surface area contributed by atoms with Crippen molar-refractivity contribution in [3.63, 3.8) is 0 Å². The highest BCUT2D eigenvalue weighted by molar-refractivity contribution is 6.03. The Kier molecular flexibility index (Phi) is 4.30. The highest BCUT2D eigenvalue weighted by Gasteiger charge is 2.56. The van der Waals surface area contributed by atoms with Crippen LogP contribution in [0.3, 0.4) is 0 Å². The van der Waals surface area contributed by atoms with Gasteiger partial charge in [0, 0.05) is 16.9 Å². The summed E-state index contributed by atoms with van der Waals surface area (Å²) >= 11 is 0. The van der Waals surface area contributed by atoms with E-state index in [4.69, 9.17) is 0 Å². The molecule has 0 aromatic heterocycles. The zero-order valence-electron chi connectivity index (χ0n) is 15.2. The quantitative estimate of drug-likeness (QED) is 0.724. The Bertz CT molecular complexity index is 617. The summed E-state index contributed by atoms with van der Waals surface area (Å²) in [4.78, 5) is 12.8. The van der Waals surface area contributed by atoms with Crippen molar-refractivity contribution in [2.45, 2.75) is 65.6 Å². The van der Waals surface area contributed by atoms with E-state index in [1.165, 1.54) is 0 Å². The number of aliphatic hydroxyl groups is 3. The third kappa shape index (κ3) is 2.34. The Morgan fingerprint density at radius 3 is 2.46 bits per heavy atom. The molecule has 4 heteroatoms. The van der Waals surface area contributed by atoms with Gasteiger partial charge in [0.2, 0.25) is 0 Å². The predicted molar refractivity (Wildman–Crippen MR) is 92.2 cm³/mol. The van der Waals surface area contributed by atoms with Crippen LogP contribution in [-0.2, 0) is 4.79 Å². The fraction of sp³-hybridized carbons (Fsp3) is 0.750. The van der Waals surface area contributed by atoms with Crippen LogP contribution in [0.5, 0.6) is 0 Å². The Balaban J connectivity index is 2.20. The SMILES string of the molecule is CC(C)[C@H]1[C@H](O)C(=O)C2=CC3=C(CO)[C@@H](O)CC[C@@]3(C)CC[C@@]21C. The van der Waals surface area contributed by atoms with Gasteiger partial charge in [-0.2, -0.15) is 0 Å². The number of carbonyl (C=O) groups is 1. The molecule has 0 aliphatic heterocycles. The van der Waals surface area contributed by atoms with Gasteiger partial charge in [0.25, 0.3) is 0 Å². The largest absolute Gasteiger partial charge is 0.392 e. The molecule has 24 heavy (non-hydrogen) atoms. The van der Waals surface area contributed by atoms with Gasteiger partial charge in [0.15, 0.2) is 5.78 Å². The molecular formula is C20H30O4. The topological polar surface area (TPSA) is 77.8 Å². The monoisotopic (exact) mass is 334 g/mol. The van der Waals surface area contributed by atoms with E-state index in [2.05, 4.69) is 27.7 Å². The molecule has 4 nitrogen and oxygen atoms in total. The predicted octanol–water partition coefficient (Wildman–Crippen LogP) is 2.38. The summed E-state index contributed by atoms with van der Waals surface area (Å²) in [6.45, 7) is 8.23. The number of aliphatic hydroxyl groups excluding tert-OH is 3. The van der Waals surface area contributed by atoms with Gasteiger partial charge < -0.3 is 15.3 Å². The maximum absolute atomic E-state index is 12.8. The van der Waals surface area contributed by atoms with Crippen LogP contribution in [-0.4, -0.2) is 39.9 Å².